The second kappa shape index (κ2) is 2.06. The lowest BCUT2D eigenvalue weighted by Crippen LogP contribution is -2.46. The summed E-state index contributed by atoms with van der Waals surface area (Å²) in [7, 11) is 0. The summed E-state index contributed by atoms with van der Waals surface area (Å²) in [5.74, 6) is 1.08. The maximum Gasteiger partial charge on any atom is 0.0159 e. The Bertz CT molecular complexity index is 209. The van der Waals surface area contributed by atoms with Gasteiger partial charge in [-0.2, -0.15) is 0 Å². The third-order valence-electron chi connectivity index (χ3n) is 4.49. The standard InChI is InChI=1S/C11H19N/c1-11(2)6-5-10-8-3-4-9(7-8)12(10)11/h8-10H,3-7H2,1-2H3. The summed E-state index contributed by atoms with van der Waals surface area (Å²) in [6.45, 7) is 4.88. The van der Waals surface area contributed by atoms with Crippen LogP contribution in [0.2, 0.25) is 0 Å². The van der Waals surface area contributed by atoms with E-state index >= 15 is 0 Å². The van der Waals surface area contributed by atoms with Crippen LogP contribution in [0, 0.1) is 5.92 Å². The summed E-state index contributed by atoms with van der Waals surface area (Å²) >= 11 is 0. The van der Waals surface area contributed by atoms with Crippen LogP contribution >= 0.6 is 0 Å². The molecule has 68 valence electrons. The maximum absolute atomic E-state index is 2.85. The molecule has 3 atom stereocenters. The Hall–Kier alpha value is -0.0400. The molecule has 1 heteroatoms. The highest BCUT2D eigenvalue weighted by Gasteiger charge is 2.54. The van der Waals surface area contributed by atoms with Crippen molar-refractivity contribution in [1.29, 1.82) is 0 Å². The molecular formula is C11H19N. The highest BCUT2D eigenvalue weighted by molar-refractivity contribution is 5.09. The van der Waals surface area contributed by atoms with Crippen molar-refractivity contribution in [2.45, 2.75) is 63.6 Å². The molecule has 0 aromatic carbocycles. The highest BCUT2D eigenvalue weighted by atomic mass is 15.3. The van der Waals surface area contributed by atoms with Crippen molar-refractivity contribution < 1.29 is 0 Å². The van der Waals surface area contributed by atoms with E-state index in [1.807, 2.05) is 0 Å². The van der Waals surface area contributed by atoms with E-state index in [1.54, 1.807) is 0 Å². The number of hydrogen-bond donors (Lipinski definition) is 0. The summed E-state index contributed by atoms with van der Waals surface area (Å²) < 4.78 is 0. The normalized spacial score (nSPS) is 50.0. The predicted molar refractivity (Wildman–Crippen MR) is 50.1 cm³/mol. The van der Waals surface area contributed by atoms with Gasteiger partial charge >= 0.3 is 0 Å². The molecule has 1 aliphatic carbocycles. The molecule has 2 aliphatic heterocycles. The van der Waals surface area contributed by atoms with E-state index < -0.39 is 0 Å². The van der Waals surface area contributed by atoms with Gasteiger partial charge in [-0.1, -0.05) is 0 Å². The fourth-order valence-corrected chi connectivity index (χ4v) is 4.04. The first kappa shape index (κ1) is 7.37. The number of rotatable bonds is 0. The molecule has 3 fully saturated rings. The lowest BCUT2D eigenvalue weighted by molar-refractivity contribution is 0.0863. The molecule has 2 heterocycles. The van der Waals surface area contributed by atoms with E-state index in [0.717, 1.165) is 18.0 Å². The van der Waals surface area contributed by atoms with Crippen molar-refractivity contribution in [2.75, 3.05) is 0 Å². The fourth-order valence-electron chi connectivity index (χ4n) is 4.04. The van der Waals surface area contributed by atoms with E-state index in [2.05, 4.69) is 18.7 Å². The summed E-state index contributed by atoms with van der Waals surface area (Å²) in [4.78, 5) is 2.85. The number of hydrogen-bond acceptors (Lipinski definition) is 1. The monoisotopic (exact) mass is 165 g/mol. The largest absolute Gasteiger partial charge is 0.292 e. The van der Waals surface area contributed by atoms with Gasteiger partial charge in [-0.3, -0.25) is 4.90 Å². The number of nitrogens with zero attached hydrogens (tertiary/aromatic N) is 1. The molecule has 0 N–H and O–H groups in total. The quantitative estimate of drug-likeness (QED) is 0.533. The Morgan fingerprint density at radius 3 is 2.75 bits per heavy atom. The van der Waals surface area contributed by atoms with Crippen molar-refractivity contribution in [3.05, 3.63) is 0 Å². The first-order chi connectivity index (χ1) is 5.68. The molecular weight excluding hydrogens is 146 g/mol. The zero-order chi connectivity index (χ0) is 8.34. The molecule has 0 amide bonds. The summed E-state index contributed by atoms with van der Waals surface area (Å²) in [6, 6.07) is 1.95. The van der Waals surface area contributed by atoms with Crippen molar-refractivity contribution in [3.63, 3.8) is 0 Å². The summed E-state index contributed by atoms with van der Waals surface area (Å²) in [5.41, 5.74) is 0.532. The topological polar surface area (TPSA) is 3.24 Å². The van der Waals surface area contributed by atoms with E-state index in [0.29, 0.717) is 5.54 Å². The number of fused-ring (bicyclic) bond motifs is 5. The Morgan fingerprint density at radius 1 is 1.17 bits per heavy atom. The third kappa shape index (κ3) is 0.736. The van der Waals surface area contributed by atoms with Crippen LogP contribution < -0.4 is 0 Å². The first-order valence-corrected chi connectivity index (χ1v) is 5.47. The van der Waals surface area contributed by atoms with E-state index in [-0.39, 0.29) is 0 Å². The minimum Gasteiger partial charge on any atom is -0.292 e. The molecule has 0 aromatic heterocycles. The molecule has 0 aromatic rings. The van der Waals surface area contributed by atoms with Gasteiger partial charge in [0, 0.05) is 17.6 Å². The molecule has 1 nitrogen and oxygen atoms in total. The van der Waals surface area contributed by atoms with Gasteiger partial charge in [0.2, 0.25) is 0 Å². The fraction of sp³-hybridized carbons (Fsp3) is 1.00. The van der Waals surface area contributed by atoms with Gasteiger partial charge in [-0.25, -0.2) is 0 Å². The van der Waals surface area contributed by atoms with Crippen molar-refractivity contribution in [1.82, 2.24) is 4.90 Å². The van der Waals surface area contributed by atoms with Gasteiger partial charge in [0.1, 0.15) is 0 Å². The van der Waals surface area contributed by atoms with Gasteiger partial charge in [-0.15, -0.1) is 0 Å². The van der Waals surface area contributed by atoms with Crippen molar-refractivity contribution >= 4 is 0 Å². The summed E-state index contributed by atoms with van der Waals surface area (Å²) in [6.07, 6.45) is 7.46. The van der Waals surface area contributed by atoms with Crippen LogP contribution in [-0.4, -0.2) is 22.5 Å². The van der Waals surface area contributed by atoms with Gasteiger partial charge in [0.25, 0.3) is 0 Å². The summed E-state index contributed by atoms with van der Waals surface area (Å²) in [5, 5.41) is 0. The second-order valence-corrected chi connectivity index (χ2v) is 5.55. The average molecular weight is 165 g/mol. The Labute approximate surface area is 75.1 Å². The minimum atomic E-state index is 0.532. The maximum atomic E-state index is 2.85. The van der Waals surface area contributed by atoms with Crippen LogP contribution in [0.4, 0.5) is 0 Å². The van der Waals surface area contributed by atoms with E-state index in [1.165, 1.54) is 32.1 Å². The lowest BCUT2D eigenvalue weighted by Gasteiger charge is -2.39. The predicted octanol–water partition coefficient (Wildman–Crippen LogP) is 2.41. The molecule has 2 saturated heterocycles. The molecule has 0 radical (unpaired) electrons. The minimum absolute atomic E-state index is 0.532. The Kier molecular flexibility index (Phi) is 1.27. The SMILES string of the molecule is CC1(C)CCC2C3CCC(C3)N21. The molecule has 3 rings (SSSR count). The molecule has 1 saturated carbocycles. The first-order valence-electron chi connectivity index (χ1n) is 5.47. The average Bonchev–Trinajstić information content (AvgIpc) is 2.61. The Morgan fingerprint density at radius 2 is 2.00 bits per heavy atom. The van der Waals surface area contributed by atoms with Crippen LogP contribution in [-0.2, 0) is 0 Å². The molecule has 2 bridgehead atoms. The van der Waals surface area contributed by atoms with Crippen molar-refractivity contribution in [2.24, 2.45) is 5.92 Å². The van der Waals surface area contributed by atoms with Crippen LogP contribution in [0.15, 0.2) is 0 Å². The lowest BCUT2D eigenvalue weighted by atomic mass is 9.97. The van der Waals surface area contributed by atoms with Crippen LogP contribution in [0.5, 0.6) is 0 Å². The zero-order valence-electron chi connectivity index (χ0n) is 8.21. The smallest absolute Gasteiger partial charge is 0.0159 e. The highest BCUT2D eigenvalue weighted by Crippen LogP contribution is 2.52. The second-order valence-electron chi connectivity index (χ2n) is 5.55. The molecule has 0 spiro atoms. The van der Waals surface area contributed by atoms with Crippen LogP contribution in [0.3, 0.4) is 0 Å². The van der Waals surface area contributed by atoms with Crippen LogP contribution in [0.1, 0.15) is 46.0 Å². The Balaban J connectivity index is 1.95. The molecule has 12 heavy (non-hydrogen) atoms. The third-order valence-corrected chi connectivity index (χ3v) is 4.49. The number of piperidine rings is 1. The van der Waals surface area contributed by atoms with Crippen LogP contribution in [0.25, 0.3) is 0 Å². The van der Waals surface area contributed by atoms with E-state index in [9.17, 15) is 0 Å². The van der Waals surface area contributed by atoms with Gasteiger partial charge < -0.3 is 0 Å². The van der Waals surface area contributed by atoms with Gasteiger partial charge in [-0.05, 0) is 51.9 Å². The van der Waals surface area contributed by atoms with Crippen molar-refractivity contribution in [3.8, 4) is 0 Å². The molecule has 3 aliphatic rings. The van der Waals surface area contributed by atoms with Gasteiger partial charge in [0.15, 0.2) is 0 Å². The molecule has 3 unspecified atom stereocenters. The zero-order valence-corrected chi connectivity index (χ0v) is 8.21. The van der Waals surface area contributed by atoms with Gasteiger partial charge in [0.05, 0.1) is 0 Å². The van der Waals surface area contributed by atoms with E-state index in [4.69, 9.17) is 0 Å².